The number of hydrogen-bond donors (Lipinski definition) is 2. The van der Waals surface area contributed by atoms with Crippen LogP contribution in [0.25, 0.3) is 0 Å². The van der Waals surface area contributed by atoms with Gasteiger partial charge >= 0.3 is 0 Å². The SMILES string of the molecule is OCCCSCCNc1ncnc2c1CCCCC2. The minimum atomic E-state index is 0.292. The second-order valence-electron chi connectivity index (χ2n) is 4.82. The van der Waals surface area contributed by atoms with Crippen molar-refractivity contribution in [2.75, 3.05) is 30.0 Å². The van der Waals surface area contributed by atoms with Crippen molar-refractivity contribution >= 4 is 17.6 Å². The maximum Gasteiger partial charge on any atom is 0.132 e. The minimum absolute atomic E-state index is 0.292. The number of aliphatic hydroxyl groups excluding tert-OH is 1. The van der Waals surface area contributed by atoms with Gasteiger partial charge in [0.1, 0.15) is 12.1 Å². The van der Waals surface area contributed by atoms with Crippen molar-refractivity contribution in [1.29, 1.82) is 0 Å². The molecule has 1 heterocycles. The fourth-order valence-corrected chi connectivity index (χ4v) is 3.14. The van der Waals surface area contributed by atoms with E-state index in [2.05, 4.69) is 15.3 Å². The van der Waals surface area contributed by atoms with E-state index in [0.717, 1.165) is 43.1 Å². The summed E-state index contributed by atoms with van der Waals surface area (Å²) in [6.07, 6.45) is 8.57. The van der Waals surface area contributed by atoms with Gasteiger partial charge in [0, 0.05) is 30.2 Å². The van der Waals surface area contributed by atoms with Gasteiger partial charge in [0.05, 0.1) is 0 Å². The molecule has 1 aliphatic carbocycles. The summed E-state index contributed by atoms with van der Waals surface area (Å²) < 4.78 is 0. The maximum absolute atomic E-state index is 8.71. The first-order valence-corrected chi connectivity index (χ1v) is 8.32. The van der Waals surface area contributed by atoms with E-state index in [9.17, 15) is 0 Å². The Labute approximate surface area is 119 Å². The Balaban J connectivity index is 1.83. The van der Waals surface area contributed by atoms with Gasteiger partial charge in [0.15, 0.2) is 0 Å². The number of thioether (sulfide) groups is 1. The van der Waals surface area contributed by atoms with Gasteiger partial charge < -0.3 is 10.4 Å². The average molecular weight is 281 g/mol. The van der Waals surface area contributed by atoms with Gasteiger partial charge in [-0.25, -0.2) is 9.97 Å². The largest absolute Gasteiger partial charge is 0.396 e. The van der Waals surface area contributed by atoms with E-state index in [1.807, 2.05) is 11.8 Å². The summed E-state index contributed by atoms with van der Waals surface area (Å²) in [7, 11) is 0. The number of aryl methyl sites for hydroxylation is 1. The molecule has 0 aromatic carbocycles. The normalized spacial score (nSPS) is 14.8. The van der Waals surface area contributed by atoms with Crippen molar-refractivity contribution in [2.45, 2.75) is 38.5 Å². The summed E-state index contributed by atoms with van der Waals surface area (Å²) >= 11 is 1.87. The Morgan fingerprint density at radius 2 is 2.05 bits per heavy atom. The highest BCUT2D eigenvalue weighted by molar-refractivity contribution is 7.99. The quantitative estimate of drug-likeness (QED) is 0.593. The Morgan fingerprint density at radius 1 is 1.16 bits per heavy atom. The molecule has 0 aliphatic heterocycles. The highest BCUT2D eigenvalue weighted by atomic mass is 32.2. The molecule has 1 aliphatic rings. The number of rotatable bonds is 7. The third kappa shape index (κ3) is 4.66. The number of nitrogens with zero attached hydrogens (tertiary/aromatic N) is 2. The lowest BCUT2D eigenvalue weighted by atomic mass is 10.1. The van der Waals surface area contributed by atoms with E-state index in [4.69, 9.17) is 5.11 Å². The second kappa shape index (κ2) is 8.38. The topological polar surface area (TPSA) is 58.0 Å². The first-order chi connectivity index (χ1) is 9.42. The average Bonchev–Trinajstić information content (AvgIpc) is 2.68. The molecule has 0 fully saturated rings. The van der Waals surface area contributed by atoms with E-state index in [1.54, 1.807) is 6.33 Å². The van der Waals surface area contributed by atoms with Crippen molar-refractivity contribution in [3.63, 3.8) is 0 Å². The van der Waals surface area contributed by atoms with Crippen molar-refractivity contribution < 1.29 is 5.11 Å². The molecule has 2 rings (SSSR count). The van der Waals surface area contributed by atoms with E-state index in [1.165, 1.54) is 30.5 Å². The molecule has 1 aromatic rings. The molecule has 19 heavy (non-hydrogen) atoms. The van der Waals surface area contributed by atoms with Gasteiger partial charge in [-0.05, 0) is 37.9 Å². The molecule has 0 amide bonds. The van der Waals surface area contributed by atoms with Crippen LogP contribution in [0.5, 0.6) is 0 Å². The lowest BCUT2D eigenvalue weighted by Gasteiger charge is -2.12. The number of aliphatic hydroxyl groups is 1. The highest BCUT2D eigenvalue weighted by Gasteiger charge is 2.13. The Morgan fingerprint density at radius 3 is 2.95 bits per heavy atom. The van der Waals surface area contributed by atoms with Crippen molar-refractivity contribution in [3.8, 4) is 0 Å². The maximum atomic E-state index is 8.71. The summed E-state index contributed by atoms with van der Waals surface area (Å²) in [6, 6.07) is 0. The molecule has 0 radical (unpaired) electrons. The molecule has 0 spiro atoms. The molecule has 0 saturated heterocycles. The van der Waals surface area contributed by atoms with Crippen LogP contribution < -0.4 is 5.32 Å². The number of hydrogen-bond acceptors (Lipinski definition) is 5. The Kier molecular flexibility index (Phi) is 6.44. The molecule has 106 valence electrons. The third-order valence-electron chi connectivity index (χ3n) is 3.36. The summed E-state index contributed by atoms with van der Waals surface area (Å²) in [6.45, 7) is 1.22. The lowest BCUT2D eigenvalue weighted by molar-refractivity contribution is 0.296. The molecule has 4 nitrogen and oxygen atoms in total. The molecular formula is C14H23N3OS. The van der Waals surface area contributed by atoms with Crippen LogP contribution in [0.3, 0.4) is 0 Å². The van der Waals surface area contributed by atoms with E-state index in [0.29, 0.717) is 6.61 Å². The van der Waals surface area contributed by atoms with Gasteiger partial charge in [-0.3, -0.25) is 0 Å². The first-order valence-electron chi connectivity index (χ1n) is 7.17. The van der Waals surface area contributed by atoms with Crippen LogP contribution >= 0.6 is 11.8 Å². The Bertz CT molecular complexity index is 387. The van der Waals surface area contributed by atoms with Crippen molar-refractivity contribution in [2.24, 2.45) is 0 Å². The highest BCUT2D eigenvalue weighted by Crippen LogP contribution is 2.23. The van der Waals surface area contributed by atoms with Crippen LogP contribution in [0, 0.1) is 0 Å². The van der Waals surface area contributed by atoms with Crippen LogP contribution in [0.1, 0.15) is 36.9 Å². The van der Waals surface area contributed by atoms with E-state index < -0.39 is 0 Å². The van der Waals surface area contributed by atoms with Gasteiger partial charge in [0.2, 0.25) is 0 Å². The van der Waals surface area contributed by atoms with Crippen LogP contribution in [0.15, 0.2) is 6.33 Å². The molecule has 0 saturated carbocycles. The lowest BCUT2D eigenvalue weighted by Crippen LogP contribution is -2.11. The standard InChI is InChI=1S/C14H23N3OS/c18-8-4-9-19-10-7-15-14-12-5-2-1-3-6-13(12)16-11-17-14/h11,18H,1-10H2,(H,15,16,17). The second-order valence-corrected chi connectivity index (χ2v) is 6.05. The predicted molar refractivity (Wildman–Crippen MR) is 80.8 cm³/mol. The fourth-order valence-electron chi connectivity index (χ4n) is 2.36. The monoisotopic (exact) mass is 281 g/mol. The van der Waals surface area contributed by atoms with E-state index in [-0.39, 0.29) is 0 Å². The van der Waals surface area contributed by atoms with Gasteiger partial charge in [-0.2, -0.15) is 11.8 Å². The zero-order valence-corrected chi connectivity index (χ0v) is 12.2. The van der Waals surface area contributed by atoms with Crippen LogP contribution in [-0.2, 0) is 12.8 Å². The molecular weight excluding hydrogens is 258 g/mol. The number of fused-ring (bicyclic) bond motifs is 1. The van der Waals surface area contributed by atoms with E-state index >= 15 is 0 Å². The van der Waals surface area contributed by atoms with Gasteiger partial charge in [-0.15, -0.1) is 0 Å². The molecule has 0 bridgehead atoms. The molecule has 0 unspecified atom stereocenters. The minimum Gasteiger partial charge on any atom is -0.396 e. The smallest absolute Gasteiger partial charge is 0.132 e. The predicted octanol–water partition coefficient (Wildman–Crippen LogP) is 2.27. The number of aromatic nitrogens is 2. The fraction of sp³-hybridized carbons (Fsp3) is 0.714. The van der Waals surface area contributed by atoms with Gasteiger partial charge in [-0.1, -0.05) is 6.42 Å². The summed E-state index contributed by atoms with van der Waals surface area (Å²) in [5.74, 6) is 3.12. The summed E-state index contributed by atoms with van der Waals surface area (Å²) in [5, 5.41) is 12.2. The molecule has 2 N–H and O–H groups in total. The summed E-state index contributed by atoms with van der Waals surface area (Å²) in [5.41, 5.74) is 2.57. The van der Waals surface area contributed by atoms with Crippen molar-refractivity contribution in [1.82, 2.24) is 9.97 Å². The number of anilines is 1. The first kappa shape index (κ1) is 14.6. The van der Waals surface area contributed by atoms with Crippen LogP contribution in [0.4, 0.5) is 5.82 Å². The molecule has 0 atom stereocenters. The third-order valence-corrected chi connectivity index (χ3v) is 4.43. The van der Waals surface area contributed by atoms with Crippen molar-refractivity contribution in [3.05, 3.63) is 17.6 Å². The van der Waals surface area contributed by atoms with Gasteiger partial charge in [0.25, 0.3) is 0 Å². The zero-order valence-electron chi connectivity index (χ0n) is 11.4. The zero-order chi connectivity index (χ0) is 13.3. The number of nitrogens with one attached hydrogen (secondary N) is 1. The van der Waals surface area contributed by atoms with Crippen LogP contribution in [-0.4, -0.2) is 39.7 Å². The Hall–Kier alpha value is -0.810. The molecule has 5 heteroatoms. The molecule has 1 aromatic heterocycles. The van der Waals surface area contributed by atoms with Crippen LogP contribution in [0.2, 0.25) is 0 Å². The summed E-state index contributed by atoms with van der Waals surface area (Å²) in [4.78, 5) is 8.82.